The van der Waals surface area contributed by atoms with Crippen LogP contribution in [0.1, 0.15) is 83.8 Å². The fourth-order valence-electron chi connectivity index (χ4n) is 7.87. The van der Waals surface area contributed by atoms with Crippen molar-refractivity contribution >= 4 is 24.1 Å². The number of hydrogen-bond acceptors (Lipinski definition) is 10. The molecule has 51 heavy (non-hydrogen) atoms. The van der Waals surface area contributed by atoms with Gasteiger partial charge in [0.05, 0.1) is 17.4 Å². The third-order valence-corrected chi connectivity index (χ3v) is 10.4. The molecule has 0 aromatic heterocycles. The van der Waals surface area contributed by atoms with Crippen LogP contribution in [0.4, 0.5) is 9.59 Å². The number of carbonyl (C=O) groups is 4. The number of allylic oxidation sites excluding steroid dienone is 3. The highest BCUT2D eigenvalue weighted by Gasteiger charge is 2.62. The first-order valence-corrected chi connectivity index (χ1v) is 17.9. The van der Waals surface area contributed by atoms with Gasteiger partial charge in [-0.15, -0.1) is 0 Å². The molecule has 7 atom stereocenters. The average Bonchev–Trinajstić information content (AvgIpc) is 3.32. The van der Waals surface area contributed by atoms with E-state index in [1.165, 1.54) is 17.7 Å². The number of rotatable bonds is 16. The maximum Gasteiger partial charge on any atom is 0.514 e. The zero-order valence-electron chi connectivity index (χ0n) is 30.5. The summed E-state index contributed by atoms with van der Waals surface area (Å²) in [5, 5.41) is 11.4. The van der Waals surface area contributed by atoms with Gasteiger partial charge in [0.2, 0.25) is 0 Å². The number of aromatic hydroxyl groups is 1. The summed E-state index contributed by atoms with van der Waals surface area (Å²) in [5.74, 6) is -3.27. The normalized spacial score (nSPS) is 24.3. The van der Waals surface area contributed by atoms with Gasteiger partial charge in [0, 0.05) is 11.5 Å². The van der Waals surface area contributed by atoms with Crippen LogP contribution < -0.4 is 4.74 Å². The molecule has 0 bridgehead atoms. The van der Waals surface area contributed by atoms with Gasteiger partial charge in [-0.3, -0.25) is 4.79 Å². The molecule has 0 aliphatic heterocycles. The Morgan fingerprint density at radius 3 is 2.43 bits per heavy atom. The summed E-state index contributed by atoms with van der Waals surface area (Å²) in [4.78, 5) is 52.4. The Balaban J connectivity index is 1.60. The molecule has 0 spiro atoms. The van der Waals surface area contributed by atoms with E-state index in [1.807, 2.05) is 20.8 Å². The average molecular weight is 705 g/mol. The Morgan fingerprint density at radius 1 is 1.06 bits per heavy atom. The standard InChI is InChI=1S/C41H52O10/c1-9-12-13-14-27-20-31(42)35(29-19-24(6)15-16-28(29)23(4)5)32(21-27)51-41(46)49-22-30-25(7)33-34(26(8)50-40(45)48-18-11-3)38(43)37(33)36(30)39(44)47-17-10-2/h10-11,19-21,25-26,28-29,33-34,37,42H,2-4,9,12-18,22H2,1,5-8H3/t25-,26+,28-,29+,33+,34+,37?/m0/s1. The van der Waals surface area contributed by atoms with Crippen molar-refractivity contribution in [3.8, 4) is 11.5 Å². The molecule has 1 fully saturated rings. The zero-order valence-corrected chi connectivity index (χ0v) is 30.5. The van der Waals surface area contributed by atoms with E-state index in [-0.39, 0.29) is 54.5 Å². The van der Waals surface area contributed by atoms with Crippen molar-refractivity contribution in [1.82, 2.24) is 0 Å². The van der Waals surface area contributed by atoms with Gasteiger partial charge in [-0.1, -0.05) is 75.8 Å². The Labute approximate surface area is 301 Å². The Morgan fingerprint density at radius 2 is 1.76 bits per heavy atom. The molecule has 4 rings (SSSR count). The van der Waals surface area contributed by atoms with Crippen molar-refractivity contribution < 1.29 is 48.0 Å². The largest absolute Gasteiger partial charge is 0.514 e. The lowest BCUT2D eigenvalue weighted by Gasteiger charge is -2.44. The monoisotopic (exact) mass is 704 g/mol. The van der Waals surface area contributed by atoms with Gasteiger partial charge < -0.3 is 28.8 Å². The predicted octanol–water partition coefficient (Wildman–Crippen LogP) is 8.49. The zero-order chi connectivity index (χ0) is 37.4. The number of ketones is 1. The minimum absolute atomic E-state index is 0.0358. The SMILES string of the molecule is C=CCOC(=O)O[C@H](C)[C@H]1C(=O)C2C(C(=O)OCC=C)=C(COC(=O)Oc3cc(CCCCC)cc(O)c3[C@@H]3C=C(C)CC[C@H]3C(=C)C)[C@H](C)[C@@H]21. The number of benzene rings is 1. The number of fused-ring (bicyclic) bond motifs is 1. The summed E-state index contributed by atoms with van der Waals surface area (Å²) in [6.45, 7) is 20.4. The molecule has 1 aromatic rings. The van der Waals surface area contributed by atoms with Gasteiger partial charge in [-0.05, 0) is 87.5 Å². The second-order valence-electron chi connectivity index (χ2n) is 13.9. The number of carbonyl (C=O) groups excluding carboxylic acids is 4. The number of esters is 1. The molecule has 1 saturated carbocycles. The summed E-state index contributed by atoms with van der Waals surface area (Å²) in [5.41, 5.74) is 4.03. The lowest BCUT2D eigenvalue weighted by molar-refractivity contribution is -0.153. The number of hydrogen-bond donors (Lipinski definition) is 1. The van der Waals surface area contributed by atoms with Gasteiger partial charge >= 0.3 is 18.3 Å². The molecule has 0 saturated heterocycles. The summed E-state index contributed by atoms with van der Waals surface area (Å²) >= 11 is 0. The maximum atomic E-state index is 13.5. The Bertz CT molecular complexity index is 1600. The fraction of sp³-hybridized carbons (Fsp3) is 0.512. The van der Waals surface area contributed by atoms with Crippen LogP contribution in [0.15, 0.2) is 72.4 Å². The molecular formula is C41H52O10. The molecule has 0 amide bonds. The van der Waals surface area contributed by atoms with Crippen LogP contribution in [0.3, 0.4) is 0 Å². The van der Waals surface area contributed by atoms with Crippen LogP contribution in [-0.4, -0.2) is 55.1 Å². The minimum Gasteiger partial charge on any atom is -0.507 e. The van der Waals surface area contributed by atoms with E-state index in [0.717, 1.165) is 43.2 Å². The predicted molar refractivity (Wildman–Crippen MR) is 192 cm³/mol. The van der Waals surface area contributed by atoms with E-state index >= 15 is 0 Å². The first kappa shape index (κ1) is 39.2. The first-order valence-electron chi connectivity index (χ1n) is 17.9. The van der Waals surface area contributed by atoms with Crippen molar-refractivity contribution in [2.24, 2.45) is 29.6 Å². The second-order valence-corrected chi connectivity index (χ2v) is 13.9. The van der Waals surface area contributed by atoms with Gasteiger partial charge in [-0.2, -0.15) is 0 Å². The molecule has 276 valence electrons. The minimum atomic E-state index is -1.02. The maximum absolute atomic E-state index is 13.5. The number of Topliss-reactive ketones (excluding diaryl/α,β-unsaturated/α-hetero) is 1. The highest BCUT2D eigenvalue weighted by Crippen LogP contribution is 2.56. The summed E-state index contributed by atoms with van der Waals surface area (Å²) < 4.78 is 27.2. The topological polar surface area (TPSA) is 135 Å². The third kappa shape index (κ3) is 8.83. The van der Waals surface area contributed by atoms with E-state index in [4.69, 9.17) is 23.7 Å². The van der Waals surface area contributed by atoms with Crippen LogP contribution in [0.5, 0.6) is 11.5 Å². The van der Waals surface area contributed by atoms with Crippen molar-refractivity contribution in [3.63, 3.8) is 0 Å². The van der Waals surface area contributed by atoms with E-state index < -0.39 is 48.1 Å². The first-order chi connectivity index (χ1) is 24.3. The fourth-order valence-corrected chi connectivity index (χ4v) is 7.87. The van der Waals surface area contributed by atoms with Gasteiger partial charge in [-0.25, -0.2) is 14.4 Å². The number of unbranched alkanes of at least 4 members (excludes halogenated alkanes) is 2. The second kappa shape index (κ2) is 17.6. The molecule has 10 heteroatoms. The molecule has 3 aliphatic carbocycles. The molecule has 1 aromatic carbocycles. The lowest BCUT2D eigenvalue weighted by Crippen LogP contribution is -2.54. The van der Waals surface area contributed by atoms with E-state index in [9.17, 15) is 24.3 Å². The highest BCUT2D eigenvalue weighted by molar-refractivity contribution is 6.05. The quantitative estimate of drug-likeness (QED) is 0.0587. The van der Waals surface area contributed by atoms with Crippen LogP contribution >= 0.6 is 0 Å². The van der Waals surface area contributed by atoms with E-state index in [2.05, 4.69) is 32.7 Å². The van der Waals surface area contributed by atoms with Crippen molar-refractivity contribution in [2.75, 3.05) is 19.8 Å². The van der Waals surface area contributed by atoms with Crippen LogP contribution in [0, 0.1) is 29.6 Å². The number of phenolic OH excluding ortho intramolecular Hbond substituents is 1. The Kier molecular flexibility index (Phi) is 13.5. The van der Waals surface area contributed by atoms with Crippen LogP contribution in [0.2, 0.25) is 0 Å². The lowest BCUT2D eigenvalue weighted by atomic mass is 9.59. The van der Waals surface area contributed by atoms with Crippen molar-refractivity contribution in [3.05, 3.63) is 83.5 Å². The number of phenols is 1. The van der Waals surface area contributed by atoms with E-state index in [0.29, 0.717) is 17.6 Å². The molecule has 0 radical (unpaired) electrons. The summed E-state index contributed by atoms with van der Waals surface area (Å²) in [7, 11) is 0. The molecular weight excluding hydrogens is 652 g/mol. The molecule has 1 unspecified atom stereocenters. The highest BCUT2D eigenvalue weighted by atomic mass is 16.7. The van der Waals surface area contributed by atoms with Crippen LogP contribution in [0.25, 0.3) is 0 Å². The van der Waals surface area contributed by atoms with Crippen LogP contribution in [-0.2, 0) is 35.0 Å². The molecule has 0 heterocycles. The third-order valence-electron chi connectivity index (χ3n) is 10.4. The van der Waals surface area contributed by atoms with Gasteiger partial charge in [0.25, 0.3) is 0 Å². The van der Waals surface area contributed by atoms with Gasteiger partial charge in [0.1, 0.15) is 43.2 Å². The number of ether oxygens (including phenoxy) is 5. The van der Waals surface area contributed by atoms with Gasteiger partial charge in [0.15, 0.2) is 0 Å². The summed E-state index contributed by atoms with van der Waals surface area (Å²) in [6.07, 6.45) is 7.56. The Hall–Kier alpha value is -4.60. The molecule has 1 N–H and O–H groups in total. The van der Waals surface area contributed by atoms with Crippen molar-refractivity contribution in [1.29, 1.82) is 0 Å². The summed E-state index contributed by atoms with van der Waals surface area (Å²) in [6, 6.07) is 3.54. The molecule has 3 aliphatic rings. The van der Waals surface area contributed by atoms with Crippen molar-refractivity contribution in [2.45, 2.75) is 85.2 Å². The number of aryl methyl sites for hydroxylation is 1. The smallest absolute Gasteiger partial charge is 0.507 e. The molecule has 10 nitrogen and oxygen atoms in total. The van der Waals surface area contributed by atoms with E-state index in [1.54, 1.807) is 19.1 Å².